The van der Waals surface area contributed by atoms with E-state index in [4.69, 9.17) is 4.74 Å². The zero-order chi connectivity index (χ0) is 15.3. The summed E-state index contributed by atoms with van der Waals surface area (Å²) in [5.74, 6) is -1.28. The molecular weight excluding hydrogens is 334 g/mol. The molecule has 0 aliphatic heterocycles. The van der Waals surface area contributed by atoms with E-state index in [2.05, 4.69) is 20.7 Å². The number of benzene rings is 1. The molecule has 1 rings (SSSR count). The number of ether oxygens (including phenoxy) is 2. The molecule has 1 aromatic rings. The highest BCUT2D eigenvalue weighted by molar-refractivity contribution is 9.10. The van der Waals surface area contributed by atoms with E-state index in [9.17, 15) is 19.7 Å². The highest BCUT2D eigenvalue weighted by Gasteiger charge is 2.23. The number of nitro benzene ring substituents is 1. The van der Waals surface area contributed by atoms with Crippen molar-refractivity contribution < 1.29 is 24.0 Å². The summed E-state index contributed by atoms with van der Waals surface area (Å²) < 4.78 is 9.59. The summed E-state index contributed by atoms with van der Waals surface area (Å²) in [4.78, 5) is 33.3. The van der Waals surface area contributed by atoms with Crippen LogP contribution >= 0.6 is 15.9 Å². The van der Waals surface area contributed by atoms with Gasteiger partial charge in [0.2, 0.25) is 0 Å². The van der Waals surface area contributed by atoms with Crippen LogP contribution in [0.3, 0.4) is 0 Å². The summed E-state index contributed by atoms with van der Waals surface area (Å²) in [5, 5.41) is 11.0. The third kappa shape index (κ3) is 3.77. The van der Waals surface area contributed by atoms with Gasteiger partial charge in [0.1, 0.15) is 0 Å². The second kappa shape index (κ2) is 6.99. The van der Waals surface area contributed by atoms with E-state index in [1.165, 1.54) is 13.2 Å². The van der Waals surface area contributed by atoms with Crippen molar-refractivity contribution >= 4 is 33.6 Å². The van der Waals surface area contributed by atoms with E-state index in [1.807, 2.05) is 0 Å². The molecule has 0 aromatic heterocycles. The fraction of sp³-hybridized carbons (Fsp3) is 0.333. The van der Waals surface area contributed by atoms with Gasteiger partial charge in [0, 0.05) is 16.1 Å². The summed E-state index contributed by atoms with van der Waals surface area (Å²) >= 11 is 3.13. The molecule has 0 atom stereocenters. The van der Waals surface area contributed by atoms with Crippen LogP contribution in [0.4, 0.5) is 5.69 Å². The quantitative estimate of drug-likeness (QED) is 0.461. The second-order valence-corrected chi connectivity index (χ2v) is 4.55. The number of nitrogens with zero attached hydrogens (tertiary/aromatic N) is 1. The molecule has 0 saturated carbocycles. The maximum atomic E-state index is 11.5. The molecule has 7 nitrogen and oxygen atoms in total. The van der Waals surface area contributed by atoms with Crippen LogP contribution in [0.1, 0.15) is 22.8 Å². The van der Waals surface area contributed by atoms with Crippen molar-refractivity contribution in [2.24, 2.45) is 0 Å². The smallest absolute Gasteiger partial charge is 0.339 e. The molecule has 0 N–H and O–H groups in total. The van der Waals surface area contributed by atoms with Crippen molar-refractivity contribution in [2.45, 2.75) is 13.3 Å². The van der Waals surface area contributed by atoms with Gasteiger partial charge in [0.05, 0.1) is 30.6 Å². The summed E-state index contributed by atoms with van der Waals surface area (Å²) in [6, 6.07) is 2.42. The summed E-state index contributed by atoms with van der Waals surface area (Å²) in [6.45, 7) is 1.83. The molecule has 0 aliphatic rings. The SMILES string of the molecule is CCOC(=O)Cc1cc(Br)c(C(=O)OC)cc1[N+](=O)[O-]. The Balaban J connectivity index is 3.24. The number of carbonyl (C=O) groups excluding carboxylic acids is 2. The fourth-order valence-electron chi connectivity index (χ4n) is 1.55. The number of hydrogen-bond acceptors (Lipinski definition) is 6. The lowest BCUT2D eigenvalue weighted by Gasteiger charge is -2.07. The Kier molecular flexibility index (Phi) is 5.63. The lowest BCUT2D eigenvalue weighted by atomic mass is 10.1. The Hall–Kier alpha value is -1.96. The molecule has 0 bridgehead atoms. The Morgan fingerprint density at radius 2 is 2.05 bits per heavy atom. The minimum atomic E-state index is -0.706. The van der Waals surface area contributed by atoms with E-state index in [0.29, 0.717) is 4.47 Å². The number of rotatable bonds is 5. The van der Waals surface area contributed by atoms with Crippen molar-refractivity contribution in [1.82, 2.24) is 0 Å². The maximum absolute atomic E-state index is 11.5. The minimum absolute atomic E-state index is 0.0202. The van der Waals surface area contributed by atoms with Crippen molar-refractivity contribution in [3.8, 4) is 0 Å². The molecule has 0 spiro atoms. The first-order valence-electron chi connectivity index (χ1n) is 5.61. The van der Waals surface area contributed by atoms with E-state index < -0.39 is 16.9 Å². The molecule has 0 radical (unpaired) electrons. The largest absolute Gasteiger partial charge is 0.466 e. The van der Waals surface area contributed by atoms with Crippen molar-refractivity contribution in [3.63, 3.8) is 0 Å². The van der Waals surface area contributed by atoms with Crippen LogP contribution in [0.2, 0.25) is 0 Å². The lowest BCUT2D eigenvalue weighted by Crippen LogP contribution is -2.11. The number of methoxy groups -OCH3 is 1. The van der Waals surface area contributed by atoms with Gasteiger partial charge in [-0.3, -0.25) is 14.9 Å². The number of carbonyl (C=O) groups is 2. The molecule has 0 amide bonds. The van der Waals surface area contributed by atoms with Crippen LogP contribution in [-0.4, -0.2) is 30.6 Å². The predicted molar refractivity (Wildman–Crippen MR) is 72.5 cm³/mol. The number of halogens is 1. The molecule has 0 unspecified atom stereocenters. The molecule has 0 aliphatic carbocycles. The number of hydrogen-bond donors (Lipinski definition) is 0. The van der Waals surface area contributed by atoms with E-state index in [1.54, 1.807) is 6.92 Å². The van der Waals surface area contributed by atoms with Gasteiger partial charge >= 0.3 is 11.9 Å². The van der Waals surface area contributed by atoms with Gasteiger partial charge in [-0.25, -0.2) is 4.79 Å². The molecule has 20 heavy (non-hydrogen) atoms. The number of nitro groups is 1. The van der Waals surface area contributed by atoms with Crippen LogP contribution in [0, 0.1) is 10.1 Å². The van der Waals surface area contributed by atoms with Crippen molar-refractivity contribution in [2.75, 3.05) is 13.7 Å². The van der Waals surface area contributed by atoms with E-state index in [0.717, 1.165) is 6.07 Å². The minimum Gasteiger partial charge on any atom is -0.466 e. The van der Waals surface area contributed by atoms with Gasteiger partial charge in [-0.05, 0) is 28.9 Å². The molecular formula is C12H12BrNO6. The zero-order valence-electron chi connectivity index (χ0n) is 10.8. The Labute approximate surface area is 123 Å². The van der Waals surface area contributed by atoms with Crippen LogP contribution in [0.5, 0.6) is 0 Å². The van der Waals surface area contributed by atoms with E-state index >= 15 is 0 Å². The maximum Gasteiger partial charge on any atom is 0.339 e. The van der Waals surface area contributed by atoms with Crippen molar-refractivity contribution in [3.05, 3.63) is 37.8 Å². The second-order valence-electron chi connectivity index (χ2n) is 3.69. The van der Waals surface area contributed by atoms with Gasteiger partial charge in [-0.2, -0.15) is 0 Å². The van der Waals surface area contributed by atoms with Crippen LogP contribution < -0.4 is 0 Å². The standard InChI is InChI=1S/C12H12BrNO6/c1-3-20-11(15)5-7-4-9(13)8(12(16)19-2)6-10(7)14(17)18/h4,6H,3,5H2,1-2H3. The summed E-state index contributed by atoms with van der Waals surface area (Å²) in [6.07, 6.45) is -0.246. The van der Waals surface area contributed by atoms with Gasteiger partial charge in [-0.1, -0.05) is 0 Å². The highest BCUT2D eigenvalue weighted by atomic mass is 79.9. The molecule has 0 saturated heterocycles. The van der Waals surface area contributed by atoms with Gasteiger partial charge < -0.3 is 9.47 Å². The molecule has 8 heteroatoms. The topological polar surface area (TPSA) is 95.7 Å². The average molecular weight is 346 g/mol. The monoisotopic (exact) mass is 345 g/mol. The first-order valence-corrected chi connectivity index (χ1v) is 6.40. The Bertz CT molecular complexity index is 557. The van der Waals surface area contributed by atoms with Crippen LogP contribution in [0.25, 0.3) is 0 Å². The third-order valence-corrected chi connectivity index (χ3v) is 3.07. The summed E-state index contributed by atoms with van der Waals surface area (Å²) in [7, 11) is 1.17. The molecule has 108 valence electrons. The Morgan fingerprint density at radius 1 is 1.40 bits per heavy atom. The lowest BCUT2D eigenvalue weighted by molar-refractivity contribution is -0.385. The van der Waals surface area contributed by atoms with Gasteiger partial charge in [0.25, 0.3) is 5.69 Å². The average Bonchev–Trinajstić information content (AvgIpc) is 2.37. The zero-order valence-corrected chi connectivity index (χ0v) is 12.4. The normalized spacial score (nSPS) is 9.95. The third-order valence-electron chi connectivity index (χ3n) is 2.41. The van der Waals surface area contributed by atoms with Crippen molar-refractivity contribution in [1.29, 1.82) is 0 Å². The molecule has 0 fully saturated rings. The molecule has 0 heterocycles. The summed E-state index contributed by atoms with van der Waals surface area (Å²) in [5.41, 5.74) is -0.151. The van der Waals surface area contributed by atoms with E-state index in [-0.39, 0.29) is 29.8 Å². The predicted octanol–water partition coefficient (Wildman–Crippen LogP) is 2.25. The highest BCUT2D eigenvalue weighted by Crippen LogP contribution is 2.28. The first kappa shape index (κ1) is 16.1. The van der Waals surface area contributed by atoms with Gasteiger partial charge in [0.15, 0.2) is 0 Å². The fourth-order valence-corrected chi connectivity index (χ4v) is 2.10. The number of esters is 2. The van der Waals surface area contributed by atoms with Crippen LogP contribution in [0.15, 0.2) is 16.6 Å². The first-order chi connectivity index (χ1) is 9.40. The van der Waals surface area contributed by atoms with Crippen LogP contribution in [-0.2, 0) is 20.7 Å². The van der Waals surface area contributed by atoms with Gasteiger partial charge in [-0.15, -0.1) is 0 Å². The molecule has 1 aromatic carbocycles. The Morgan fingerprint density at radius 3 is 2.55 bits per heavy atom.